The highest BCUT2D eigenvalue weighted by Crippen LogP contribution is 2.58. The maximum atomic E-state index is 15.5. The lowest BCUT2D eigenvalue weighted by atomic mass is 9.77. The highest BCUT2D eigenvalue weighted by atomic mass is 32.2. The molecule has 1 saturated heterocycles. The molecule has 76 heavy (non-hydrogen) atoms. The number of aromatic nitrogens is 2. The van der Waals surface area contributed by atoms with Gasteiger partial charge in [0.1, 0.15) is 41.5 Å². The average molecular weight is 1050 g/mol. The van der Waals surface area contributed by atoms with Gasteiger partial charge < -0.3 is 25.1 Å². The van der Waals surface area contributed by atoms with Crippen LogP contribution in [0.25, 0.3) is 0 Å². The third kappa shape index (κ3) is 9.95. The van der Waals surface area contributed by atoms with E-state index in [0.29, 0.717) is 29.3 Å². The molecule has 0 spiro atoms. The van der Waals surface area contributed by atoms with E-state index in [-0.39, 0.29) is 23.0 Å². The molecule has 0 bridgehead atoms. The highest BCUT2D eigenvalue weighted by molar-refractivity contribution is 8.00. The van der Waals surface area contributed by atoms with Crippen LogP contribution < -0.4 is 26.5 Å². The van der Waals surface area contributed by atoms with Crippen molar-refractivity contribution >= 4 is 69.2 Å². The van der Waals surface area contributed by atoms with E-state index in [1.54, 1.807) is 11.8 Å². The summed E-state index contributed by atoms with van der Waals surface area (Å²) in [7, 11) is -1.05. The summed E-state index contributed by atoms with van der Waals surface area (Å²) in [6.45, 7) is 0.345. The minimum atomic E-state index is -2.45. The molecule has 2 N–H and O–H groups in total. The maximum absolute atomic E-state index is 15.5. The predicted octanol–water partition coefficient (Wildman–Crippen LogP) is 10.7. The van der Waals surface area contributed by atoms with E-state index < -0.39 is 30.8 Å². The van der Waals surface area contributed by atoms with Crippen LogP contribution in [0.15, 0.2) is 259 Å². The molecule has 8 aromatic carbocycles. The fourth-order valence-corrected chi connectivity index (χ4v) is 17.0. The van der Waals surface area contributed by atoms with E-state index in [4.69, 9.17) is 18.9 Å². The standard InChI is InChI=1S/C63H53N6O4PS2/c1-72-67-55(58-65-62(76-68-58)66-63(48-30-14-4-15-31-48,49-32-16-5-17-33-49)50-34-18-6-19-35-50)59(70)64-54-42-69-56(61(71)73-57(45-26-10-2-11-27-45)46-28-12-3-13-29-46)47(44-75-60(54)69)43-74(51-36-20-7-21-37-51,52-38-22-8-23-39-52)53-40-24-9-25-41-53/h2-41,54,57,60H,42-44H2,1H3,(H-,64,65,66,68,70)/p+1/b67-55-/t54-,60-/m1/s1. The van der Waals surface area contributed by atoms with Crippen molar-refractivity contribution in [1.29, 1.82) is 0 Å². The molecule has 11 rings (SSSR count). The summed E-state index contributed by atoms with van der Waals surface area (Å²) in [6, 6.07) is 82.2. The second kappa shape index (κ2) is 22.8. The summed E-state index contributed by atoms with van der Waals surface area (Å²) in [5.74, 6) is -0.265. The maximum Gasteiger partial charge on any atom is 0.355 e. The minimum absolute atomic E-state index is 0.0663. The predicted molar refractivity (Wildman–Crippen MR) is 309 cm³/mol. The van der Waals surface area contributed by atoms with Crippen LogP contribution >= 0.6 is 30.6 Å². The number of nitrogens with one attached hydrogen (secondary N) is 2. The molecule has 0 radical (unpaired) electrons. The third-order valence-electron chi connectivity index (χ3n) is 14.0. The zero-order valence-corrected chi connectivity index (χ0v) is 44.2. The fraction of sp³-hybridized carbons (Fsp3) is 0.127. The number of thioether (sulfide) groups is 1. The van der Waals surface area contributed by atoms with E-state index >= 15 is 4.79 Å². The molecule has 376 valence electrons. The van der Waals surface area contributed by atoms with Crippen LogP contribution in [0.2, 0.25) is 0 Å². The molecule has 2 atom stereocenters. The Hall–Kier alpha value is -8.15. The molecule has 13 heteroatoms. The Morgan fingerprint density at radius 3 is 1.53 bits per heavy atom. The van der Waals surface area contributed by atoms with E-state index in [1.807, 2.05) is 115 Å². The molecule has 0 unspecified atom stereocenters. The first-order valence-corrected chi connectivity index (χ1v) is 28.9. The van der Waals surface area contributed by atoms with E-state index in [9.17, 15) is 4.79 Å². The molecule has 2 aliphatic rings. The molecule has 1 amide bonds. The second-order valence-electron chi connectivity index (χ2n) is 18.5. The lowest BCUT2D eigenvalue weighted by molar-refractivity contribution is -0.146. The van der Waals surface area contributed by atoms with Crippen molar-refractivity contribution < 1.29 is 19.2 Å². The molecular formula is C63H54N6O4PS2+. The van der Waals surface area contributed by atoms with Gasteiger partial charge in [0.05, 0.1) is 17.6 Å². The lowest BCUT2D eigenvalue weighted by Gasteiger charge is -2.52. The third-order valence-corrected chi connectivity index (χ3v) is 20.5. The molecule has 1 fully saturated rings. The van der Waals surface area contributed by atoms with Gasteiger partial charge in [0.15, 0.2) is 6.10 Å². The monoisotopic (exact) mass is 1050 g/mol. The number of esters is 1. The van der Waals surface area contributed by atoms with Gasteiger partial charge >= 0.3 is 5.97 Å². The zero-order valence-electron chi connectivity index (χ0n) is 41.6. The Bertz CT molecular complexity index is 3220. The summed E-state index contributed by atoms with van der Waals surface area (Å²) in [4.78, 5) is 42.4. The molecule has 1 aromatic heterocycles. The van der Waals surface area contributed by atoms with Gasteiger partial charge in [-0.15, -0.1) is 11.8 Å². The first-order chi connectivity index (χ1) is 37.5. The molecule has 0 aliphatic carbocycles. The van der Waals surface area contributed by atoms with Gasteiger partial charge in [-0.2, -0.15) is 9.36 Å². The minimum Gasteiger partial charge on any atom is -0.448 e. The van der Waals surface area contributed by atoms with E-state index in [1.165, 1.54) is 23.0 Å². The first-order valence-electron chi connectivity index (χ1n) is 25.1. The largest absolute Gasteiger partial charge is 0.448 e. The number of anilines is 1. The normalized spacial score (nSPS) is 15.6. The zero-order chi connectivity index (χ0) is 51.7. The van der Waals surface area contributed by atoms with Crippen LogP contribution in [0.3, 0.4) is 0 Å². The van der Waals surface area contributed by atoms with Gasteiger partial charge in [0, 0.05) is 29.4 Å². The second-order valence-corrected chi connectivity index (χ2v) is 23.8. The molecule has 9 aromatic rings. The van der Waals surface area contributed by atoms with Crippen LogP contribution in [0.1, 0.15) is 39.7 Å². The summed E-state index contributed by atoms with van der Waals surface area (Å²) in [6.07, 6.45) is -0.0675. The van der Waals surface area contributed by atoms with Crippen molar-refractivity contribution in [1.82, 2.24) is 19.6 Å². The van der Waals surface area contributed by atoms with Crippen LogP contribution in [0, 0.1) is 0 Å². The van der Waals surface area contributed by atoms with Crippen molar-refractivity contribution in [2.75, 3.05) is 30.9 Å². The Morgan fingerprint density at radius 2 is 1.08 bits per heavy atom. The van der Waals surface area contributed by atoms with Crippen molar-refractivity contribution in [2.45, 2.75) is 23.1 Å². The molecule has 10 nitrogen and oxygen atoms in total. The number of hydrogen-bond acceptors (Lipinski definition) is 11. The highest BCUT2D eigenvalue weighted by Gasteiger charge is 2.52. The van der Waals surface area contributed by atoms with Crippen LogP contribution in [0.4, 0.5) is 5.13 Å². The quantitative estimate of drug-likeness (QED) is 0.0285. The van der Waals surface area contributed by atoms with Gasteiger partial charge in [-0.25, -0.2) is 4.79 Å². The molecule has 2 aliphatic heterocycles. The first kappa shape index (κ1) is 50.0. The van der Waals surface area contributed by atoms with Gasteiger partial charge in [-0.3, -0.25) is 4.79 Å². The number of fused-ring (bicyclic) bond motifs is 1. The van der Waals surface area contributed by atoms with Gasteiger partial charge in [-0.1, -0.05) is 211 Å². The number of hydrogen-bond donors (Lipinski definition) is 2. The Balaban J connectivity index is 0.928. The average Bonchev–Trinajstić information content (AvgIpc) is 3.96. The number of rotatable bonds is 18. The van der Waals surface area contributed by atoms with Gasteiger partial charge in [-0.05, 0) is 64.2 Å². The summed E-state index contributed by atoms with van der Waals surface area (Å²) >= 11 is 2.85. The lowest BCUT2D eigenvalue weighted by Crippen LogP contribution is -2.67. The van der Waals surface area contributed by atoms with Crippen molar-refractivity contribution in [2.24, 2.45) is 5.16 Å². The topological polar surface area (TPSA) is 118 Å². The van der Waals surface area contributed by atoms with Crippen LogP contribution in [-0.2, 0) is 24.7 Å². The molecular weight excluding hydrogens is 1000 g/mol. The van der Waals surface area contributed by atoms with E-state index in [2.05, 4.69) is 148 Å². The number of benzene rings is 8. The van der Waals surface area contributed by atoms with Crippen molar-refractivity contribution in [3.8, 4) is 0 Å². The number of nitrogens with zero attached hydrogens (tertiary/aromatic N) is 4. The Kier molecular flexibility index (Phi) is 15.0. The Morgan fingerprint density at radius 1 is 0.645 bits per heavy atom. The van der Waals surface area contributed by atoms with Crippen molar-refractivity contribution in [3.63, 3.8) is 0 Å². The van der Waals surface area contributed by atoms with Gasteiger partial charge in [0.2, 0.25) is 16.7 Å². The molecule has 0 saturated carbocycles. The van der Waals surface area contributed by atoms with Crippen LogP contribution in [-0.4, -0.2) is 68.8 Å². The van der Waals surface area contributed by atoms with Crippen molar-refractivity contribution in [3.05, 3.63) is 288 Å². The number of carbonyl (C=O) groups excluding carboxylic acids is 2. The van der Waals surface area contributed by atoms with E-state index in [0.717, 1.165) is 44.9 Å². The number of amides is 1. The Labute approximate surface area is 452 Å². The smallest absolute Gasteiger partial charge is 0.355 e. The summed E-state index contributed by atoms with van der Waals surface area (Å²) in [5.41, 5.74) is 5.30. The number of carbonyl (C=O) groups is 2. The number of ether oxygens (including phenoxy) is 1. The number of oxime groups is 1. The summed E-state index contributed by atoms with van der Waals surface area (Å²) < 4.78 is 11.5. The SMILES string of the molecule is CO/N=C(\C(=O)N[C@@H]1CN2C(C(=O)OC(c3ccccc3)c3ccccc3)=C(C[P+](c3ccccc3)(c3ccccc3)c3ccccc3)CS[C@H]12)c1nsc(NC(c2ccccc2)(c2ccccc2)c2ccccc2)n1. The van der Waals surface area contributed by atoms with Crippen LogP contribution in [0.5, 0.6) is 0 Å². The summed E-state index contributed by atoms with van der Waals surface area (Å²) in [5, 5.41) is 15.1. The molecule has 3 heterocycles. The fourth-order valence-electron chi connectivity index (χ4n) is 10.5. The van der Waals surface area contributed by atoms with Gasteiger partial charge in [0.25, 0.3) is 5.91 Å².